The zero-order chi connectivity index (χ0) is 15.3. The molecule has 0 spiro atoms. The zero-order valence-electron chi connectivity index (χ0n) is 13.7. The lowest BCUT2D eigenvalue weighted by atomic mass is 9.89. The standard InChI is InChI=1S/C14H28N6O/c1-5-6-15-12(11-13-16-18-19(4)17-13)14(2,3)20-7-9-21-10-8-20/h12,15H,5-11H2,1-4H3. The molecule has 1 aliphatic heterocycles. The first-order valence-electron chi connectivity index (χ1n) is 7.83. The van der Waals surface area contributed by atoms with Crippen LogP contribution in [-0.2, 0) is 18.2 Å². The number of tetrazole rings is 1. The Labute approximate surface area is 127 Å². The normalized spacial score (nSPS) is 18.9. The lowest BCUT2D eigenvalue weighted by Crippen LogP contribution is -2.61. The fraction of sp³-hybridized carbons (Fsp3) is 0.929. The third kappa shape index (κ3) is 4.21. The maximum absolute atomic E-state index is 5.48. The first-order valence-corrected chi connectivity index (χ1v) is 7.83. The quantitative estimate of drug-likeness (QED) is 0.777. The number of rotatable bonds is 7. The fourth-order valence-electron chi connectivity index (χ4n) is 2.84. The lowest BCUT2D eigenvalue weighted by Gasteiger charge is -2.46. The second-order valence-electron chi connectivity index (χ2n) is 6.16. The zero-order valence-corrected chi connectivity index (χ0v) is 13.7. The van der Waals surface area contributed by atoms with E-state index in [2.05, 4.69) is 46.4 Å². The van der Waals surface area contributed by atoms with Gasteiger partial charge in [0.05, 0.1) is 20.3 Å². The summed E-state index contributed by atoms with van der Waals surface area (Å²) in [5, 5.41) is 16.1. The molecule has 0 bridgehead atoms. The molecule has 2 rings (SSSR count). The molecule has 7 heteroatoms. The monoisotopic (exact) mass is 296 g/mol. The molecule has 0 aliphatic carbocycles. The van der Waals surface area contributed by atoms with Crippen molar-refractivity contribution in [1.82, 2.24) is 30.4 Å². The van der Waals surface area contributed by atoms with Crippen molar-refractivity contribution in [3.8, 4) is 0 Å². The van der Waals surface area contributed by atoms with Gasteiger partial charge in [-0.3, -0.25) is 4.90 Å². The topological polar surface area (TPSA) is 68.1 Å². The SMILES string of the molecule is CCCNC(Cc1nnn(C)n1)C(C)(C)N1CCOCC1. The van der Waals surface area contributed by atoms with Crippen molar-refractivity contribution in [1.29, 1.82) is 0 Å². The van der Waals surface area contributed by atoms with E-state index in [0.717, 1.165) is 51.5 Å². The third-order valence-corrected chi connectivity index (χ3v) is 4.26. The van der Waals surface area contributed by atoms with Crippen molar-refractivity contribution >= 4 is 0 Å². The Morgan fingerprint density at radius 3 is 2.62 bits per heavy atom. The van der Waals surface area contributed by atoms with Crippen molar-refractivity contribution in [2.45, 2.75) is 45.2 Å². The second kappa shape index (κ2) is 7.29. The number of nitrogens with zero attached hydrogens (tertiary/aromatic N) is 5. The van der Waals surface area contributed by atoms with E-state index in [-0.39, 0.29) is 5.54 Å². The Kier molecular flexibility index (Phi) is 5.66. The van der Waals surface area contributed by atoms with E-state index in [9.17, 15) is 0 Å². The minimum Gasteiger partial charge on any atom is -0.379 e. The van der Waals surface area contributed by atoms with E-state index in [1.165, 1.54) is 4.80 Å². The maximum Gasteiger partial charge on any atom is 0.176 e. The Balaban J connectivity index is 2.08. The van der Waals surface area contributed by atoms with E-state index in [4.69, 9.17) is 4.74 Å². The van der Waals surface area contributed by atoms with Crippen LogP contribution in [0.5, 0.6) is 0 Å². The van der Waals surface area contributed by atoms with Crippen LogP contribution in [0.2, 0.25) is 0 Å². The highest BCUT2D eigenvalue weighted by Gasteiger charge is 2.36. The summed E-state index contributed by atoms with van der Waals surface area (Å²) in [5.41, 5.74) is 0.0259. The summed E-state index contributed by atoms with van der Waals surface area (Å²) >= 11 is 0. The molecule has 1 saturated heterocycles. The molecule has 0 amide bonds. The van der Waals surface area contributed by atoms with E-state index in [0.29, 0.717) is 6.04 Å². The summed E-state index contributed by atoms with van der Waals surface area (Å²) in [6.07, 6.45) is 1.90. The molecular weight excluding hydrogens is 268 g/mol. The number of ether oxygens (including phenoxy) is 1. The van der Waals surface area contributed by atoms with Gasteiger partial charge in [0.1, 0.15) is 0 Å². The Morgan fingerprint density at radius 2 is 2.05 bits per heavy atom. The Morgan fingerprint density at radius 1 is 1.33 bits per heavy atom. The van der Waals surface area contributed by atoms with Crippen LogP contribution in [0.25, 0.3) is 0 Å². The average molecular weight is 296 g/mol. The molecule has 2 heterocycles. The minimum absolute atomic E-state index is 0.0259. The molecule has 1 fully saturated rings. The second-order valence-corrected chi connectivity index (χ2v) is 6.16. The molecule has 1 aliphatic rings. The largest absolute Gasteiger partial charge is 0.379 e. The summed E-state index contributed by atoms with van der Waals surface area (Å²) in [4.78, 5) is 4.02. The molecular formula is C14H28N6O. The van der Waals surface area contributed by atoms with Gasteiger partial charge in [-0.15, -0.1) is 10.2 Å². The molecule has 21 heavy (non-hydrogen) atoms. The van der Waals surface area contributed by atoms with Crippen LogP contribution in [-0.4, -0.2) is 69.5 Å². The number of morpholine rings is 1. The van der Waals surface area contributed by atoms with Gasteiger partial charge >= 0.3 is 0 Å². The number of hydrogen-bond acceptors (Lipinski definition) is 6. The summed E-state index contributed by atoms with van der Waals surface area (Å²) < 4.78 is 5.48. The molecule has 7 nitrogen and oxygen atoms in total. The van der Waals surface area contributed by atoms with E-state index in [1.54, 1.807) is 7.05 Å². The number of nitrogens with one attached hydrogen (secondary N) is 1. The van der Waals surface area contributed by atoms with Gasteiger partial charge in [0, 0.05) is 31.1 Å². The third-order valence-electron chi connectivity index (χ3n) is 4.26. The summed E-state index contributed by atoms with van der Waals surface area (Å²) in [6.45, 7) is 11.4. The van der Waals surface area contributed by atoms with Crippen molar-refractivity contribution in [2.75, 3.05) is 32.8 Å². The van der Waals surface area contributed by atoms with Gasteiger partial charge in [-0.1, -0.05) is 6.92 Å². The molecule has 120 valence electrons. The summed E-state index contributed by atoms with van der Waals surface area (Å²) in [5.74, 6) is 0.799. The smallest absolute Gasteiger partial charge is 0.176 e. The van der Waals surface area contributed by atoms with Gasteiger partial charge in [0.25, 0.3) is 0 Å². The highest BCUT2D eigenvalue weighted by molar-refractivity contribution is 4.99. The van der Waals surface area contributed by atoms with Crippen molar-refractivity contribution in [2.24, 2.45) is 7.05 Å². The molecule has 1 aromatic heterocycles. The van der Waals surface area contributed by atoms with Crippen molar-refractivity contribution in [3.05, 3.63) is 5.82 Å². The molecule has 1 N–H and O–H groups in total. The number of hydrogen-bond donors (Lipinski definition) is 1. The van der Waals surface area contributed by atoms with Crippen LogP contribution in [0.15, 0.2) is 0 Å². The van der Waals surface area contributed by atoms with Crippen LogP contribution in [0.3, 0.4) is 0 Å². The molecule has 0 radical (unpaired) electrons. The lowest BCUT2D eigenvalue weighted by molar-refractivity contribution is -0.0234. The van der Waals surface area contributed by atoms with Crippen LogP contribution < -0.4 is 5.32 Å². The highest BCUT2D eigenvalue weighted by Crippen LogP contribution is 2.22. The predicted octanol–water partition coefficient (Wildman–Crippen LogP) is 0.232. The molecule has 1 atom stereocenters. The van der Waals surface area contributed by atoms with Crippen LogP contribution in [0.1, 0.15) is 33.0 Å². The van der Waals surface area contributed by atoms with Gasteiger partial charge in [-0.25, -0.2) is 0 Å². The van der Waals surface area contributed by atoms with Crippen LogP contribution >= 0.6 is 0 Å². The van der Waals surface area contributed by atoms with Gasteiger partial charge in [0.2, 0.25) is 0 Å². The van der Waals surface area contributed by atoms with Crippen molar-refractivity contribution in [3.63, 3.8) is 0 Å². The summed E-state index contributed by atoms with van der Waals surface area (Å²) in [7, 11) is 1.80. The van der Waals surface area contributed by atoms with Gasteiger partial charge in [-0.05, 0) is 32.0 Å². The highest BCUT2D eigenvalue weighted by atomic mass is 16.5. The Bertz CT molecular complexity index is 427. The number of aryl methyl sites for hydroxylation is 1. The first-order chi connectivity index (χ1) is 10.0. The summed E-state index contributed by atoms with van der Waals surface area (Å²) in [6, 6.07) is 0.291. The molecule has 0 saturated carbocycles. The van der Waals surface area contributed by atoms with Gasteiger partial charge < -0.3 is 10.1 Å². The van der Waals surface area contributed by atoms with Crippen molar-refractivity contribution < 1.29 is 4.74 Å². The van der Waals surface area contributed by atoms with E-state index < -0.39 is 0 Å². The molecule has 1 unspecified atom stereocenters. The average Bonchev–Trinajstić information content (AvgIpc) is 2.89. The van der Waals surface area contributed by atoms with E-state index in [1.807, 2.05) is 0 Å². The van der Waals surface area contributed by atoms with Gasteiger partial charge in [0.15, 0.2) is 5.82 Å². The maximum atomic E-state index is 5.48. The van der Waals surface area contributed by atoms with E-state index >= 15 is 0 Å². The van der Waals surface area contributed by atoms with Crippen LogP contribution in [0, 0.1) is 0 Å². The first kappa shape index (κ1) is 16.3. The number of aromatic nitrogens is 4. The van der Waals surface area contributed by atoms with Crippen LogP contribution in [0.4, 0.5) is 0 Å². The molecule has 0 aromatic carbocycles. The van der Waals surface area contributed by atoms with Gasteiger partial charge in [-0.2, -0.15) is 4.80 Å². The predicted molar refractivity (Wildman–Crippen MR) is 81.1 cm³/mol. The minimum atomic E-state index is 0.0259. The fourth-order valence-corrected chi connectivity index (χ4v) is 2.84. The Hall–Kier alpha value is -1.05. The molecule has 1 aromatic rings.